The summed E-state index contributed by atoms with van der Waals surface area (Å²) in [5.41, 5.74) is -0.0535. The first-order valence-corrected chi connectivity index (χ1v) is 5.57. The lowest BCUT2D eigenvalue weighted by atomic mass is 9.92. The smallest absolute Gasteiger partial charge is 0.230 e. The second-order valence-corrected chi connectivity index (χ2v) is 3.97. The average molecular weight is 260 g/mol. The lowest BCUT2D eigenvalue weighted by molar-refractivity contribution is -0.124. The number of aliphatic hydroxyl groups excluding tert-OH is 1. The zero-order valence-corrected chi connectivity index (χ0v) is 10.2. The molecule has 1 aliphatic carbocycles. The van der Waals surface area contributed by atoms with Gasteiger partial charge in [0, 0.05) is 5.57 Å². The fraction of sp³-hybridized carbons (Fsp3) is 0.143. The van der Waals surface area contributed by atoms with Gasteiger partial charge in [-0.1, -0.05) is 12.1 Å². The quantitative estimate of drug-likeness (QED) is 0.791. The molecule has 1 unspecified atom stereocenters. The first kappa shape index (κ1) is 13.0. The van der Waals surface area contributed by atoms with Gasteiger partial charge in [-0.3, -0.25) is 9.59 Å². The van der Waals surface area contributed by atoms with Crippen LogP contribution in [-0.4, -0.2) is 35.0 Å². The van der Waals surface area contributed by atoms with Gasteiger partial charge in [0.15, 0.2) is 11.5 Å². The molecule has 2 N–H and O–H groups in total. The van der Waals surface area contributed by atoms with E-state index in [1.807, 2.05) is 0 Å². The van der Waals surface area contributed by atoms with Crippen molar-refractivity contribution in [2.75, 3.05) is 7.11 Å². The fourth-order valence-corrected chi connectivity index (χ4v) is 1.80. The summed E-state index contributed by atoms with van der Waals surface area (Å²) in [5.74, 6) is -1.48. The number of aliphatic hydroxyl groups is 1. The number of hydrogen-bond acceptors (Lipinski definition) is 5. The van der Waals surface area contributed by atoms with E-state index in [0.29, 0.717) is 0 Å². The number of rotatable bonds is 3. The normalized spacial score (nSPS) is 18.6. The van der Waals surface area contributed by atoms with Crippen LogP contribution in [0.25, 0.3) is 0 Å². The number of Topliss-reactive ketones (excluding diaryl/α,β-unsaturated/α-hetero) is 2. The molecule has 0 heterocycles. The van der Waals surface area contributed by atoms with E-state index in [4.69, 9.17) is 4.74 Å². The number of benzene rings is 1. The number of aromatic hydroxyl groups is 1. The van der Waals surface area contributed by atoms with Gasteiger partial charge in [-0.25, -0.2) is 0 Å². The maximum absolute atomic E-state index is 12.2. The summed E-state index contributed by atoms with van der Waals surface area (Å²) in [4.78, 5) is 23.8. The van der Waals surface area contributed by atoms with Crippen LogP contribution in [0.5, 0.6) is 5.75 Å². The van der Waals surface area contributed by atoms with E-state index < -0.39 is 17.7 Å². The molecule has 0 amide bonds. The fourth-order valence-electron chi connectivity index (χ4n) is 1.80. The van der Waals surface area contributed by atoms with Crippen LogP contribution in [0, 0.1) is 0 Å². The molecular formula is C14H12O5. The molecule has 1 aromatic carbocycles. The Morgan fingerprint density at radius 2 is 1.95 bits per heavy atom. The van der Waals surface area contributed by atoms with Crippen molar-refractivity contribution in [3.8, 4) is 5.75 Å². The number of hydrogen-bond donors (Lipinski definition) is 2. The van der Waals surface area contributed by atoms with Gasteiger partial charge in [-0.15, -0.1) is 0 Å². The Morgan fingerprint density at radius 3 is 2.58 bits per heavy atom. The highest BCUT2D eigenvalue weighted by Gasteiger charge is 2.32. The Hall–Kier alpha value is -2.40. The monoisotopic (exact) mass is 260 g/mol. The number of methoxy groups -OCH3 is 1. The van der Waals surface area contributed by atoms with Crippen molar-refractivity contribution in [3.63, 3.8) is 0 Å². The van der Waals surface area contributed by atoms with Crippen molar-refractivity contribution in [3.05, 3.63) is 53.3 Å². The highest BCUT2D eigenvalue weighted by molar-refractivity contribution is 6.17. The van der Waals surface area contributed by atoms with Gasteiger partial charge in [0.2, 0.25) is 5.78 Å². The number of carbonyl (C=O) groups excluding carboxylic acids is 2. The third kappa shape index (κ3) is 2.28. The first-order chi connectivity index (χ1) is 9.06. The molecule has 98 valence electrons. The van der Waals surface area contributed by atoms with Crippen molar-refractivity contribution in [1.29, 1.82) is 0 Å². The molecule has 0 radical (unpaired) electrons. The summed E-state index contributed by atoms with van der Waals surface area (Å²) >= 11 is 0. The topological polar surface area (TPSA) is 83.8 Å². The van der Waals surface area contributed by atoms with Crippen molar-refractivity contribution >= 4 is 11.6 Å². The molecule has 1 atom stereocenters. The Bertz CT molecular complexity index is 598. The van der Waals surface area contributed by atoms with Crippen molar-refractivity contribution < 1.29 is 24.5 Å². The molecule has 5 heteroatoms. The van der Waals surface area contributed by atoms with Crippen LogP contribution in [-0.2, 0) is 9.53 Å². The van der Waals surface area contributed by atoms with E-state index in [0.717, 1.165) is 0 Å². The maximum Gasteiger partial charge on any atom is 0.230 e. The third-order valence-electron chi connectivity index (χ3n) is 2.83. The van der Waals surface area contributed by atoms with E-state index >= 15 is 0 Å². The van der Waals surface area contributed by atoms with Crippen molar-refractivity contribution in [2.24, 2.45) is 0 Å². The maximum atomic E-state index is 12.2. The van der Waals surface area contributed by atoms with E-state index in [-0.39, 0.29) is 22.6 Å². The molecule has 5 nitrogen and oxygen atoms in total. The second kappa shape index (κ2) is 5.07. The molecule has 1 aromatic rings. The lowest BCUT2D eigenvalue weighted by Gasteiger charge is -2.18. The number of allylic oxidation sites excluding steroid dienone is 2. The molecular weight excluding hydrogens is 248 g/mol. The SMILES string of the molecule is COC1=CC=C(C(=O)c2ccccc2O)C(O)C1=O. The van der Waals surface area contributed by atoms with Gasteiger partial charge in [0.05, 0.1) is 12.7 Å². The van der Waals surface area contributed by atoms with Gasteiger partial charge in [0.25, 0.3) is 0 Å². The molecule has 0 aromatic heterocycles. The summed E-state index contributed by atoms with van der Waals surface area (Å²) in [6.45, 7) is 0. The molecule has 0 bridgehead atoms. The molecule has 0 spiro atoms. The molecule has 1 aliphatic rings. The van der Waals surface area contributed by atoms with Crippen LogP contribution in [0.3, 0.4) is 0 Å². The summed E-state index contributed by atoms with van der Waals surface area (Å²) < 4.78 is 4.78. The van der Waals surface area contributed by atoms with Crippen LogP contribution < -0.4 is 0 Å². The average Bonchev–Trinajstić information content (AvgIpc) is 2.41. The molecule has 2 rings (SSSR count). The van der Waals surface area contributed by atoms with Crippen LogP contribution in [0.2, 0.25) is 0 Å². The van der Waals surface area contributed by atoms with E-state index in [1.165, 1.54) is 31.4 Å². The molecule has 19 heavy (non-hydrogen) atoms. The Kier molecular flexibility index (Phi) is 3.48. The molecule has 0 aliphatic heterocycles. The van der Waals surface area contributed by atoms with Gasteiger partial charge in [-0.2, -0.15) is 0 Å². The van der Waals surface area contributed by atoms with E-state index in [1.54, 1.807) is 12.1 Å². The number of phenols is 1. The summed E-state index contributed by atoms with van der Waals surface area (Å²) in [5, 5.41) is 19.4. The van der Waals surface area contributed by atoms with E-state index in [9.17, 15) is 19.8 Å². The predicted molar refractivity (Wildman–Crippen MR) is 66.6 cm³/mol. The Labute approximate surface area is 109 Å². The van der Waals surface area contributed by atoms with Gasteiger partial charge < -0.3 is 14.9 Å². The van der Waals surface area contributed by atoms with Gasteiger partial charge in [-0.05, 0) is 24.3 Å². The van der Waals surface area contributed by atoms with Crippen LogP contribution >= 0.6 is 0 Å². The first-order valence-electron chi connectivity index (χ1n) is 5.57. The number of phenolic OH excluding ortho intramolecular Hbond substituents is 1. The number of ether oxygens (including phenoxy) is 1. The van der Waals surface area contributed by atoms with E-state index in [2.05, 4.69) is 0 Å². The van der Waals surface area contributed by atoms with Crippen molar-refractivity contribution in [2.45, 2.75) is 6.10 Å². The van der Waals surface area contributed by atoms with Crippen LogP contribution in [0.15, 0.2) is 47.7 Å². The van der Waals surface area contributed by atoms with Crippen molar-refractivity contribution in [1.82, 2.24) is 0 Å². The lowest BCUT2D eigenvalue weighted by Crippen LogP contribution is -2.31. The zero-order chi connectivity index (χ0) is 14.0. The minimum Gasteiger partial charge on any atom is -0.507 e. The second-order valence-electron chi connectivity index (χ2n) is 3.97. The predicted octanol–water partition coefficient (Wildman–Crippen LogP) is 0.975. The minimum absolute atomic E-state index is 0.0127. The highest BCUT2D eigenvalue weighted by Crippen LogP contribution is 2.24. The molecule has 0 saturated carbocycles. The highest BCUT2D eigenvalue weighted by atomic mass is 16.5. The number of carbonyl (C=O) groups is 2. The summed E-state index contributed by atoms with van der Waals surface area (Å²) in [6, 6.07) is 5.94. The van der Waals surface area contributed by atoms with Crippen LogP contribution in [0.1, 0.15) is 10.4 Å². The Morgan fingerprint density at radius 1 is 1.26 bits per heavy atom. The number of ketones is 2. The largest absolute Gasteiger partial charge is 0.507 e. The molecule has 0 fully saturated rings. The van der Waals surface area contributed by atoms with Gasteiger partial charge >= 0.3 is 0 Å². The zero-order valence-electron chi connectivity index (χ0n) is 10.2. The Balaban J connectivity index is 2.40. The molecule has 0 saturated heterocycles. The summed E-state index contributed by atoms with van der Waals surface area (Å²) in [7, 11) is 1.31. The third-order valence-corrected chi connectivity index (χ3v) is 2.83. The number of para-hydroxylation sites is 1. The minimum atomic E-state index is -1.58. The van der Waals surface area contributed by atoms with Gasteiger partial charge in [0.1, 0.15) is 11.9 Å². The van der Waals surface area contributed by atoms with Crippen LogP contribution in [0.4, 0.5) is 0 Å². The summed E-state index contributed by atoms with van der Waals surface area (Å²) in [6.07, 6.45) is 1.06. The standard InChI is InChI=1S/C14H12O5/c1-19-11-7-6-9(13(17)14(11)18)12(16)8-4-2-3-5-10(8)15/h2-7,13,15,17H,1H3.